The van der Waals surface area contributed by atoms with Crippen molar-refractivity contribution in [2.24, 2.45) is 0 Å². The van der Waals surface area contributed by atoms with Crippen LogP contribution >= 0.6 is 12.4 Å². The van der Waals surface area contributed by atoms with Crippen molar-refractivity contribution in [1.82, 2.24) is 9.97 Å². The Bertz CT molecular complexity index is 714. The maximum atomic E-state index is 12.3. The first-order chi connectivity index (χ1) is 9.94. The molecular formula is C12H17ClN6O2S. The number of rotatable bonds is 5. The van der Waals surface area contributed by atoms with Crippen molar-refractivity contribution in [2.75, 3.05) is 35.2 Å². The monoisotopic (exact) mass is 344 g/mol. The Hall–Kier alpha value is -2.26. The van der Waals surface area contributed by atoms with Crippen LogP contribution < -0.4 is 21.1 Å². The van der Waals surface area contributed by atoms with Crippen LogP contribution in [0.15, 0.2) is 35.2 Å². The maximum absolute atomic E-state index is 12.3. The number of sulfonamides is 1. The van der Waals surface area contributed by atoms with E-state index >= 15 is 0 Å². The van der Waals surface area contributed by atoms with E-state index in [1.165, 1.54) is 30.3 Å². The van der Waals surface area contributed by atoms with Gasteiger partial charge in [-0.15, -0.1) is 12.4 Å². The molecule has 0 aliphatic carbocycles. The topological polar surface area (TPSA) is 122 Å². The molecule has 0 aliphatic heterocycles. The summed E-state index contributed by atoms with van der Waals surface area (Å²) in [7, 11) is -0.405. The standard InChI is InChI=1S/C12H16N6O2S.ClH/c1-14-10-7-11(17-12(15-2)16-10)18-21(19,20)9-5-3-8(13)4-6-9;/h3-7H,13H2,1-2H3,(H3,14,15,16,17,18);1H. The van der Waals surface area contributed by atoms with E-state index in [4.69, 9.17) is 5.73 Å². The van der Waals surface area contributed by atoms with Gasteiger partial charge in [-0.05, 0) is 24.3 Å². The zero-order valence-corrected chi connectivity index (χ0v) is 13.6. The van der Waals surface area contributed by atoms with E-state index < -0.39 is 10.0 Å². The lowest BCUT2D eigenvalue weighted by atomic mass is 10.3. The molecule has 2 rings (SSSR count). The molecule has 0 aliphatic rings. The second-order valence-corrected chi connectivity index (χ2v) is 5.82. The summed E-state index contributed by atoms with van der Waals surface area (Å²) >= 11 is 0. The number of anilines is 4. The molecule has 5 N–H and O–H groups in total. The molecule has 1 heterocycles. The van der Waals surface area contributed by atoms with Gasteiger partial charge in [-0.25, -0.2) is 8.42 Å². The minimum atomic E-state index is -3.73. The van der Waals surface area contributed by atoms with E-state index in [-0.39, 0.29) is 23.1 Å². The SMILES string of the molecule is CNc1cc(NS(=O)(=O)c2ccc(N)cc2)nc(NC)n1.Cl. The Morgan fingerprint density at radius 3 is 2.14 bits per heavy atom. The average molecular weight is 345 g/mol. The second-order valence-electron chi connectivity index (χ2n) is 4.14. The van der Waals surface area contributed by atoms with Gasteiger partial charge in [-0.3, -0.25) is 4.72 Å². The van der Waals surface area contributed by atoms with Crippen molar-refractivity contribution < 1.29 is 8.42 Å². The molecule has 0 atom stereocenters. The number of hydrogen-bond acceptors (Lipinski definition) is 7. The van der Waals surface area contributed by atoms with Crippen LogP contribution in [-0.4, -0.2) is 32.5 Å². The lowest BCUT2D eigenvalue weighted by Gasteiger charge is -2.10. The van der Waals surface area contributed by atoms with Crippen LogP contribution in [0.5, 0.6) is 0 Å². The molecular weight excluding hydrogens is 328 g/mol. The molecule has 0 spiro atoms. The zero-order valence-electron chi connectivity index (χ0n) is 12.0. The van der Waals surface area contributed by atoms with Crippen LogP contribution in [0.3, 0.4) is 0 Å². The lowest BCUT2D eigenvalue weighted by molar-refractivity contribution is 0.601. The number of nitrogens with two attached hydrogens (primary N) is 1. The number of hydrogen-bond donors (Lipinski definition) is 4. The van der Waals surface area contributed by atoms with Crippen LogP contribution in [-0.2, 0) is 10.0 Å². The van der Waals surface area contributed by atoms with Crippen LogP contribution in [0.4, 0.5) is 23.3 Å². The van der Waals surface area contributed by atoms with E-state index in [0.29, 0.717) is 17.5 Å². The van der Waals surface area contributed by atoms with Gasteiger partial charge in [-0.2, -0.15) is 9.97 Å². The molecule has 0 saturated carbocycles. The van der Waals surface area contributed by atoms with Crippen molar-refractivity contribution >= 4 is 45.7 Å². The lowest BCUT2D eigenvalue weighted by Crippen LogP contribution is -2.15. The van der Waals surface area contributed by atoms with E-state index in [2.05, 4.69) is 25.3 Å². The van der Waals surface area contributed by atoms with Gasteiger partial charge in [0.15, 0.2) is 0 Å². The van der Waals surface area contributed by atoms with Gasteiger partial charge in [-0.1, -0.05) is 0 Å². The van der Waals surface area contributed by atoms with E-state index in [9.17, 15) is 8.42 Å². The van der Waals surface area contributed by atoms with Gasteiger partial charge in [0.2, 0.25) is 5.95 Å². The van der Waals surface area contributed by atoms with Crippen LogP contribution in [0.25, 0.3) is 0 Å². The summed E-state index contributed by atoms with van der Waals surface area (Å²) in [5.74, 6) is 0.955. The number of halogens is 1. The van der Waals surface area contributed by atoms with Crippen molar-refractivity contribution in [2.45, 2.75) is 4.90 Å². The molecule has 120 valence electrons. The molecule has 1 aromatic carbocycles. The Morgan fingerprint density at radius 1 is 1.00 bits per heavy atom. The predicted octanol–water partition coefficient (Wildman–Crippen LogP) is 1.36. The summed E-state index contributed by atoms with van der Waals surface area (Å²) in [4.78, 5) is 8.25. The molecule has 2 aromatic rings. The molecule has 0 saturated heterocycles. The molecule has 1 aromatic heterocycles. The Morgan fingerprint density at radius 2 is 1.59 bits per heavy atom. The molecule has 22 heavy (non-hydrogen) atoms. The highest BCUT2D eigenvalue weighted by Gasteiger charge is 2.15. The summed E-state index contributed by atoms with van der Waals surface area (Å²) in [6.07, 6.45) is 0. The number of aromatic nitrogens is 2. The summed E-state index contributed by atoms with van der Waals surface area (Å²) in [6, 6.07) is 7.39. The number of benzene rings is 1. The third kappa shape index (κ3) is 4.12. The van der Waals surface area contributed by atoms with Crippen molar-refractivity contribution in [3.05, 3.63) is 30.3 Å². The molecule has 0 bridgehead atoms. The fraction of sp³-hybridized carbons (Fsp3) is 0.167. The molecule has 8 nitrogen and oxygen atoms in total. The fourth-order valence-corrected chi connectivity index (χ4v) is 2.58. The third-order valence-corrected chi connectivity index (χ3v) is 4.01. The molecule has 0 radical (unpaired) electrons. The van der Waals surface area contributed by atoms with E-state index in [0.717, 1.165) is 0 Å². The maximum Gasteiger partial charge on any atom is 0.263 e. The highest BCUT2D eigenvalue weighted by atomic mass is 35.5. The van der Waals surface area contributed by atoms with Crippen LogP contribution in [0.1, 0.15) is 0 Å². The van der Waals surface area contributed by atoms with Gasteiger partial charge in [0, 0.05) is 25.8 Å². The molecule has 10 heteroatoms. The van der Waals surface area contributed by atoms with Gasteiger partial charge in [0.1, 0.15) is 11.6 Å². The second kappa shape index (κ2) is 7.14. The largest absolute Gasteiger partial charge is 0.399 e. The minimum absolute atomic E-state index is 0. The predicted molar refractivity (Wildman–Crippen MR) is 90.0 cm³/mol. The first-order valence-corrected chi connectivity index (χ1v) is 7.56. The van der Waals surface area contributed by atoms with Gasteiger partial charge < -0.3 is 16.4 Å². The van der Waals surface area contributed by atoms with Gasteiger partial charge in [0.25, 0.3) is 10.0 Å². The van der Waals surface area contributed by atoms with Gasteiger partial charge in [0.05, 0.1) is 4.90 Å². The number of nitrogens with one attached hydrogen (secondary N) is 3. The minimum Gasteiger partial charge on any atom is -0.399 e. The summed E-state index contributed by atoms with van der Waals surface area (Å²) in [5.41, 5.74) is 6.04. The number of nitrogens with zero attached hydrogens (tertiary/aromatic N) is 2. The normalized spacial score (nSPS) is 10.5. The molecule has 0 fully saturated rings. The Labute approximate surface area is 135 Å². The molecule has 0 unspecified atom stereocenters. The highest BCUT2D eigenvalue weighted by Crippen LogP contribution is 2.19. The quantitative estimate of drug-likeness (QED) is 0.604. The number of nitrogen functional groups attached to an aromatic ring is 1. The smallest absolute Gasteiger partial charge is 0.263 e. The Kier molecular flexibility index (Phi) is 5.77. The van der Waals surface area contributed by atoms with Crippen LogP contribution in [0, 0.1) is 0 Å². The van der Waals surface area contributed by atoms with E-state index in [1.807, 2.05) is 0 Å². The van der Waals surface area contributed by atoms with Crippen molar-refractivity contribution in [1.29, 1.82) is 0 Å². The van der Waals surface area contributed by atoms with Crippen molar-refractivity contribution in [3.8, 4) is 0 Å². The highest BCUT2D eigenvalue weighted by molar-refractivity contribution is 7.92. The van der Waals surface area contributed by atoms with Crippen molar-refractivity contribution in [3.63, 3.8) is 0 Å². The first kappa shape index (κ1) is 17.8. The Balaban J connectivity index is 0.00000242. The summed E-state index contributed by atoms with van der Waals surface area (Å²) in [5, 5.41) is 5.59. The zero-order chi connectivity index (χ0) is 15.5. The summed E-state index contributed by atoms with van der Waals surface area (Å²) < 4.78 is 26.9. The first-order valence-electron chi connectivity index (χ1n) is 6.07. The average Bonchev–Trinajstić information content (AvgIpc) is 2.46. The fourth-order valence-electron chi connectivity index (χ4n) is 1.58. The van der Waals surface area contributed by atoms with Gasteiger partial charge >= 0.3 is 0 Å². The third-order valence-electron chi connectivity index (χ3n) is 2.64. The molecule has 0 amide bonds. The summed E-state index contributed by atoms with van der Waals surface area (Å²) in [6.45, 7) is 0. The van der Waals surface area contributed by atoms with E-state index in [1.54, 1.807) is 14.1 Å². The van der Waals surface area contributed by atoms with Crippen LogP contribution in [0.2, 0.25) is 0 Å².